The molecule has 2 amide bonds. The zero-order chi connectivity index (χ0) is 39.7. The number of alkyl carbamates (subject to hydrolysis) is 1. The Bertz CT molecular complexity index is 2190. The highest BCUT2D eigenvalue weighted by atomic mass is 35.5. The van der Waals surface area contributed by atoms with Gasteiger partial charge >= 0.3 is 6.09 Å². The van der Waals surface area contributed by atoms with E-state index in [4.69, 9.17) is 22.1 Å². The minimum Gasteiger partial charge on any atom is -0.447 e. The molecule has 21 heteroatoms. The largest absolute Gasteiger partial charge is 0.447 e. The SMILES string of the molecule is CC(C)(C)CCN=C(N)N(C(=O)c1ccc(-c2cnn(S(C)(=O)=O)c2)c(F)c1)[C@H](COC(=O)N[C@H]1CC1(F)F)c1ccc(Cl)c(-n2ncnc2C(F)F)c1. The molecule has 14 nitrogen and oxygen atoms in total. The third-order valence-corrected chi connectivity index (χ3v) is 9.38. The van der Waals surface area contributed by atoms with E-state index >= 15 is 4.39 Å². The van der Waals surface area contributed by atoms with E-state index in [0.29, 0.717) is 10.5 Å². The number of nitrogens with two attached hydrogens (primary N) is 1. The molecular weight excluding hydrogens is 765 g/mol. The van der Waals surface area contributed by atoms with Crippen molar-refractivity contribution in [2.45, 2.75) is 58.0 Å². The number of hydrogen-bond acceptors (Lipinski definition) is 9. The number of nitrogens with one attached hydrogen (secondary N) is 1. The molecule has 2 atom stereocenters. The van der Waals surface area contributed by atoms with Gasteiger partial charge in [0.05, 0.1) is 35.4 Å². The van der Waals surface area contributed by atoms with Crippen LogP contribution in [0.2, 0.25) is 5.02 Å². The van der Waals surface area contributed by atoms with Gasteiger partial charge in [0.25, 0.3) is 28.3 Å². The summed E-state index contributed by atoms with van der Waals surface area (Å²) in [5, 5.41) is 9.55. The quantitative estimate of drug-likeness (QED) is 0.103. The first-order valence-electron chi connectivity index (χ1n) is 16.1. The number of carbonyl (C=O) groups is 2. The lowest BCUT2D eigenvalue weighted by Gasteiger charge is -2.32. The van der Waals surface area contributed by atoms with Crippen molar-refractivity contribution in [2.75, 3.05) is 19.4 Å². The predicted molar refractivity (Wildman–Crippen MR) is 186 cm³/mol. The van der Waals surface area contributed by atoms with Gasteiger partial charge in [-0.05, 0) is 41.7 Å². The maximum atomic E-state index is 15.7. The van der Waals surface area contributed by atoms with Crippen molar-refractivity contribution in [2.24, 2.45) is 16.1 Å². The number of nitrogens with zero attached hydrogens (tertiary/aromatic N) is 7. The van der Waals surface area contributed by atoms with Gasteiger partial charge in [-0.2, -0.15) is 14.3 Å². The van der Waals surface area contributed by atoms with Gasteiger partial charge in [0.2, 0.25) is 0 Å². The summed E-state index contributed by atoms with van der Waals surface area (Å²) in [5.41, 5.74) is 5.90. The molecule has 1 aliphatic carbocycles. The van der Waals surface area contributed by atoms with Gasteiger partial charge in [0.15, 0.2) is 11.8 Å². The van der Waals surface area contributed by atoms with Gasteiger partial charge in [0, 0.05) is 29.7 Å². The number of ether oxygens (including phenoxy) is 1. The number of rotatable bonds is 12. The summed E-state index contributed by atoms with van der Waals surface area (Å²) >= 11 is 6.40. The minimum absolute atomic E-state index is 0.0684. The van der Waals surface area contributed by atoms with Crippen LogP contribution in [0.5, 0.6) is 0 Å². The molecule has 3 N–H and O–H groups in total. The Balaban J connectivity index is 1.60. The number of aliphatic imine (C=N–C) groups is 1. The third-order valence-electron chi connectivity index (χ3n) is 8.18. The first kappa shape index (κ1) is 40.1. The number of halogens is 6. The second-order valence-electron chi connectivity index (χ2n) is 13.6. The van der Waals surface area contributed by atoms with E-state index in [1.54, 1.807) is 0 Å². The lowest BCUT2D eigenvalue weighted by atomic mass is 9.92. The van der Waals surface area contributed by atoms with Crippen LogP contribution in [0.25, 0.3) is 16.8 Å². The summed E-state index contributed by atoms with van der Waals surface area (Å²) < 4.78 is 101. The Hall–Kier alpha value is -5.11. The second kappa shape index (κ2) is 15.3. The topological polar surface area (TPSA) is 180 Å². The van der Waals surface area contributed by atoms with Gasteiger partial charge in [0.1, 0.15) is 24.8 Å². The summed E-state index contributed by atoms with van der Waals surface area (Å²) in [5.74, 6) is -6.24. The Morgan fingerprint density at radius 2 is 1.89 bits per heavy atom. The van der Waals surface area contributed by atoms with Crippen LogP contribution < -0.4 is 11.1 Å². The number of carbonyl (C=O) groups excluding carboxylic acids is 2. The maximum absolute atomic E-state index is 15.7. The molecule has 2 aromatic carbocycles. The Morgan fingerprint density at radius 3 is 2.48 bits per heavy atom. The zero-order valence-electron chi connectivity index (χ0n) is 29.2. The molecule has 5 rings (SSSR count). The molecule has 290 valence electrons. The number of guanidine groups is 1. The van der Waals surface area contributed by atoms with Gasteiger partial charge in [-0.15, -0.1) is 0 Å². The summed E-state index contributed by atoms with van der Waals surface area (Å²) in [6, 6.07) is 4.30. The molecule has 0 saturated heterocycles. The number of hydrogen-bond donors (Lipinski definition) is 2. The highest BCUT2D eigenvalue weighted by Crippen LogP contribution is 2.41. The zero-order valence-corrected chi connectivity index (χ0v) is 30.8. The lowest BCUT2D eigenvalue weighted by Crippen LogP contribution is -2.47. The van der Waals surface area contributed by atoms with Gasteiger partial charge in [-0.1, -0.05) is 44.5 Å². The second-order valence-corrected chi connectivity index (χ2v) is 15.9. The normalized spacial score (nSPS) is 16.3. The van der Waals surface area contributed by atoms with Crippen LogP contribution in [0, 0.1) is 11.2 Å². The number of benzene rings is 2. The fourth-order valence-corrected chi connectivity index (χ4v) is 5.87. The monoisotopic (exact) mass is 799 g/mol. The molecular formula is C33H35ClF5N9O5S. The smallest absolute Gasteiger partial charge is 0.407 e. The van der Waals surface area contributed by atoms with Gasteiger partial charge in [-0.3, -0.25) is 14.7 Å². The van der Waals surface area contributed by atoms with Crippen molar-refractivity contribution in [3.05, 3.63) is 82.9 Å². The summed E-state index contributed by atoms with van der Waals surface area (Å²) in [6.07, 6.45) is -0.449. The van der Waals surface area contributed by atoms with Crippen molar-refractivity contribution >= 4 is 39.6 Å². The van der Waals surface area contributed by atoms with Crippen LogP contribution in [-0.2, 0) is 14.8 Å². The number of alkyl halides is 4. The molecule has 0 unspecified atom stereocenters. The molecule has 2 aromatic heterocycles. The van der Waals surface area contributed by atoms with E-state index in [2.05, 4.69) is 20.2 Å². The standard InChI is InChI=1S/C33H35ClF5N9O5S/c1-32(2,3)9-10-41-30(40)47(29(49)19-5-7-21(23(35)11-19)20-14-43-46(15-20)54(4,51)52)25(16-53-31(50)45-26-13-33(26,38)39)18-6-8-22(34)24(12-18)48-28(27(36)37)42-17-44-48/h5-8,11-12,14-15,17,25-27H,9-10,13,16H2,1-4H3,(H2,40,41)(H,45,50)/t25-,26+/m1/s1. The van der Waals surface area contributed by atoms with Gasteiger partial charge < -0.3 is 15.8 Å². The predicted octanol–water partition coefficient (Wildman–Crippen LogP) is 5.74. The Kier molecular flexibility index (Phi) is 11.4. The molecule has 0 spiro atoms. The van der Waals surface area contributed by atoms with Crippen molar-refractivity contribution in [1.29, 1.82) is 0 Å². The maximum Gasteiger partial charge on any atom is 0.407 e. The van der Waals surface area contributed by atoms with Gasteiger partial charge in [-0.25, -0.2) is 44.8 Å². The molecule has 54 heavy (non-hydrogen) atoms. The van der Waals surface area contributed by atoms with Crippen LogP contribution in [-0.4, -0.2) is 86.6 Å². The molecule has 1 saturated carbocycles. The molecule has 4 aromatic rings. The average Bonchev–Trinajstić information content (AvgIpc) is 3.48. The fourth-order valence-electron chi connectivity index (χ4n) is 5.15. The van der Waals surface area contributed by atoms with Crippen LogP contribution in [0.3, 0.4) is 0 Å². The number of amides is 2. The van der Waals surface area contributed by atoms with E-state index in [1.165, 1.54) is 30.3 Å². The summed E-state index contributed by atoms with van der Waals surface area (Å²) in [4.78, 5) is 36.0. The molecule has 2 heterocycles. The molecule has 1 aliphatic rings. The first-order valence-corrected chi connectivity index (χ1v) is 18.4. The van der Waals surface area contributed by atoms with Crippen LogP contribution in [0.1, 0.15) is 67.8 Å². The van der Waals surface area contributed by atoms with E-state index < -0.39 is 77.1 Å². The summed E-state index contributed by atoms with van der Waals surface area (Å²) in [6.45, 7) is 5.17. The van der Waals surface area contributed by atoms with Crippen molar-refractivity contribution in [3.63, 3.8) is 0 Å². The van der Waals surface area contributed by atoms with Crippen LogP contribution >= 0.6 is 11.6 Å². The van der Waals surface area contributed by atoms with Crippen LogP contribution in [0.15, 0.2) is 60.1 Å². The van der Waals surface area contributed by atoms with E-state index in [1.807, 2.05) is 26.1 Å². The first-order chi connectivity index (χ1) is 25.2. The minimum atomic E-state index is -3.78. The Morgan fingerprint density at radius 1 is 1.19 bits per heavy atom. The van der Waals surface area contributed by atoms with Crippen molar-refractivity contribution < 1.29 is 44.7 Å². The third kappa shape index (κ3) is 9.33. The summed E-state index contributed by atoms with van der Waals surface area (Å²) in [7, 11) is -3.78. The number of aromatic nitrogens is 5. The van der Waals surface area contributed by atoms with E-state index in [0.717, 1.165) is 40.6 Å². The van der Waals surface area contributed by atoms with E-state index in [9.17, 15) is 35.6 Å². The Labute approximate surface area is 311 Å². The molecule has 0 radical (unpaired) electrons. The highest BCUT2D eigenvalue weighted by molar-refractivity contribution is 7.89. The average molecular weight is 800 g/mol. The van der Waals surface area contributed by atoms with Crippen molar-refractivity contribution in [3.8, 4) is 16.8 Å². The molecule has 1 fully saturated rings. The fraction of sp³-hybridized carbons (Fsp3) is 0.394. The molecule has 0 aliphatic heterocycles. The van der Waals surface area contributed by atoms with Crippen molar-refractivity contribution in [1.82, 2.24) is 34.2 Å². The highest BCUT2D eigenvalue weighted by Gasteiger charge is 2.58. The molecule has 0 bridgehead atoms. The lowest BCUT2D eigenvalue weighted by molar-refractivity contribution is 0.0686. The van der Waals surface area contributed by atoms with E-state index in [-0.39, 0.29) is 44.9 Å². The van der Waals surface area contributed by atoms with Crippen LogP contribution in [0.4, 0.5) is 26.7 Å².